The minimum atomic E-state index is -1.92. The van der Waals surface area contributed by atoms with Crippen LogP contribution in [-0.4, -0.2) is 107 Å². The fourth-order valence-electron chi connectivity index (χ4n) is 9.95. The normalized spacial score (nSPS) is 17.2. The predicted octanol–water partition coefficient (Wildman–Crippen LogP) is 1.84. The minimum Gasteiger partial charge on any atom is -0.458 e. The zero-order chi connectivity index (χ0) is 54.7. The number of halogens is 1. The number of amides is 8. The molecule has 5 heterocycles. The molecule has 0 saturated heterocycles. The van der Waals surface area contributed by atoms with E-state index in [-0.39, 0.29) is 32.4 Å². The maximum atomic E-state index is 15.4. The topological polar surface area (TPSA) is 286 Å². The van der Waals surface area contributed by atoms with Crippen LogP contribution >= 0.6 is 12.2 Å². The summed E-state index contributed by atoms with van der Waals surface area (Å²) in [6.07, 6.45) is 3.13. The number of rotatable bonds is 19. The molecule has 0 bridgehead atoms. The van der Waals surface area contributed by atoms with Gasteiger partial charge in [0, 0.05) is 46.7 Å². The lowest BCUT2D eigenvalue weighted by Crippen LogP contribution is -2.52. The van der Waals surface area contributed by atoms with Crippen LogP contribution in [0, 0.1) is 17.4 Å². The van der Waals surface area contributed by atoms with Crippen molar-refractivity contribution in [3.05, 3.63) is 134 Å². The van der Waals surface area contributed by atoms with E-state index in [0.717, 1.165) is 33.7 Å². The third-order valence-corrected chi connectivity index (χ3v) is 14.4. The van der Waals surface area contributed by atoms with Crippen LogP contribution in [0.2, 0.25) is 0 Å². The van der Waals surface area contributed by atoms with Crippen LogP contribution in [0.4, 0.5) is 10.1 Å². The van der Waals surface area contributed by atoms with Gasteiger partial charge in [-0.25, -0.2) is 19.1 Å². The van der Waals surface area contributed by atoms with Crippen LogP contribution < -0.4 is 36.8 Å². The number of aliphatic hydroxyl groups is 1. The zero-order valence-corrected chi connectivity index (χ0v) is 42.5. The molecular weight excluding hydrogens is 1020 g/mol. The van der Waals surface area contributed by atoms with Crippen molar-refractivity contribution in [3.8, 4) is 11.4 Å². The van der Waals surface area contributed by atoms with E-state index < -0.39 is 110 Å². The number of esters is 1. The largest absolute Gasteiger partial charge is 0.458 e. The van der Waals surface area contributed by atoms with Crippen molar-refractivity contribution in [2.24, 2.45) is 0 Å². The molecule has 398 valence electrons. The van der Waals surface area contributed by atoms with E-state index in [9.17, 15) is 48.3 Å². The molecule has 1 aliphatic carbocycles. The summed E-state index contributed by atoms with van der Waals surface area (Å²) in [6.45, 7) is 1.12. The van der Waals surface area contributed by atoms with E-state index in [0.29, 0.717) is 73.3 Å². The van der Waals surface area contributed by atoms with Gasteiger partial charge in [0.25, 0.3) is 11.8 Å². The van der Waals surface area contributed by atoms with Gasteiger partial charge in [-0.3, -0.25) is 38.4 Å². The number of ether oxygens (including phenoxy) is 2. The summed E-state index contributed by atoms with van der Waals surface area (Å²) in [7, 11) is 0. The second-order valence-electron chi connectivity index (χ2n) is 18.8. The SMILES string of the molecule is CC[C@@]1(O)C(=O)OCc2c1cc1n(c2=S)Cc2c-1nc1cc(F)c(C)c3c1c2C(NC(=O)COCNC(=O)CNC(=O)[C@H](Cc1ccccc1)NC(=O)CNC(=O)CNC(=O)Cc1ccc(N2C(=O)C=CC2=O)cc1)CC3. The monoisotopic (exact) mass is 1070 g/mol. The Bertz CT molecular complexity index is 3390. The molecule has 5 aromatic rings. The van der Waals surface area contributed by atoms with E-state index in [1.165, 1.54) is 18.2 Å². The molecule has 0 spiro atoms. The van der Waals surface area contributed by atoms with Crippen LogP contribution in [0.3, 0.4) is 0 Å². The molecule has 0 radical (unpaired) electrons. The summed E-state index contributed by atoms with van der Waals surface area (Å²) in [4.78, 5) is 120. The summed E-state index contributed by atoms with van der Waals surface area (Å²) < 4.78 is 28.5. The van der Waals surface area contributed by atoms with Crippen molar-refractivity contribution in [1.29, 1.82) is 0 Å². The molecule has 3 aromatic carbocycles. The Morgan fingerprint density at radius 1 is 0.857 bits per heavy atom. The maximum absolute atomic E-state index is 15.4. The second-order valence-corrected chi connectivity index (χ2v) is 19.2. The molecule has 77 heavy (non-hydrogen) atoms. The lowest BCUT2D eigenvalue weighted by Gasteiger charge is -2.32. The molecular formula is C54H52FN9O12S. The molecule has 0 saturated carbocycles. The molecule has 7 N–H and O–H groups in total. The summed E-state index contributed by atoms with van der Waals surface area (Å²) in [5.74, 6) is -5.97. The molecule has 3 atom stereocenters. The minimum absolute atomic E-state index is 0.0329. The van der Waals surface area contributed by atoms with E-state index in [2.05, 4.69) is 31.9 Å². The summed E-state index contributed by atoms with van der Waals surface area (Å²) in [6, 6.07) is 16.3. The zero-order valence-electron chi connectivity index (χ0n) is 41.7. The number of carbonyl (C=O) groups excluding carboxylic acids is 9. The number of nitrogens with zero attached hydrogens (tertiary/aromatic N) is 3. The van der Waals surface area contributed by atoms with E-state index in [4.69, 9.17) is 26.7 Å². The van der Waals surface area contributed by atoms with Gasteiger partial charge in [-0.2, -0.15) is 0 Å². The van der Waals surface area contributed by atoms with Crippen molar-refractivity contribution in [2.75, 3.05) is 37.9 Å². The van der Waals surface area contributed by atoms with Gasteiger partial charge in [-0.1, -0.05) is 61.6 Å². The molecule has 1 unspecified atom stereocenters. The highest BCUT2D eigenvalue weighted by Crippen LogP contribution is 2.47. The average Bonchev–Trinajstić information content (AvgIpc) is 4.09. The molecule has 23 heteroatoms. The van der Waals surface area contributed by atoms with Gasteiger partial charge in [0.2, 0.25) is 35.4 Å². The molecule has 4 aliphatic rings. The first-order chi connectivity index (χ1) is 36.9. The summed E-state index contributed by atoms with van der Waals surface area (Å²) in [5, 5.41) is 27.6. The van der Waals surface area contributed by atoms with Gasteiger partial charge < -0.3 is 51.0 Å². The molecule has 0 fully saturated rings. The van der Waals surface area contributed by atoms with Crippen LogP contribution in [0.25, 0.3) is 22.3 Å². The first kappa shape index (κ1) is 53.3. The van der Waals surface area contributed by atoms with E-state index in [1.54, 1.807) is 62.4 Å². The van der Waals surface area contributed by atoms with Gasteiger partial charge in [-0.15, -0.1) is 0 Å². The Balaban J connectivity index is 0.753. The van der Waals surface area contributed by atoms with E-state index >= 15 is 4.39 Å². The Hall–Kier alpha value is -8.54. The van der Waals surface area contributed by atoms with Crippen LogP contribution in [0.1, 0.15) is 70.3 Å². The summed E-state index contributed by atoms with van der Waals surface area (Å²) >= 11 is 5.91. The number of imide groups is 1. The number of aromatic nitrogens is 2. The average molecular weight is 1070 g/mol. The maximum Gasteiger partial charge on any atom is 0.343 e. The second kappa shape index (κ2) is 22.4. The first-order valence-corrected chi connectivity index (χ1v) is 25.1. The fourth-order valence-corrected chi connectivity index (χ4v) is 10.3. The van der Waals surface area contributed by atoms with Crippen LogP contribution in [-0.2, 0) is 90.6 Å². The molecule has 21 nitrogen and oxygen atoms in total. The Kier molecular flexibility index (Phi) is 15.5. The number of cyclic esters (lactones) is 1. The number of hydrogen-bond acceptors (Lipinski definition) is 14. The highest BCUT2D eigenvalue weighted by Gasteiger charge is 2.45. The van der Waals surface area contributed by atoms with Gasteiger partial charge in [0.05, 0.1) is 61.2 Å². The quantitative estimate of drug-likeness (QED) is 0.0201. The first-order valence-electron chi connectivity index (χ1n) is 24.7. The van der Waals surface area contributed by atoms with Crippen molar-refractivity contribution >= 4 is 82.0 Å². The summed E-state index contributed by atoms with van der Waals surface area (Å²) in [5.41, 5.74) is 4.62. The lowest BCUT2D eigenvalue weighted by molar-refractivity contribution is -0.172. The number of aryl methyl sites for hydroxylation is 1. The van der Waals surface area contributed by atoms with Crippen molar-refractivity contribution in [2.45, 2.75) is 76.8 Å². The smallest absolute Gasteiger partial charge is 0.343 e. The van der Waals surface area contributed by atoms with Gasteiger partial charge >= 0.3 is 5.97 Å². The van der Waals surface area contributed by atoms with Gasteiger partial charge in [0.15, 0.2) is 5.60 Å². The number of benzene rings is 3. The van der Waals surface area contributed by atoms with Gasteiger partial charge in [-0.05, 0) is 72.2 Å². The van der Waals surface area contributed by atoms with Crippen LogP contribution in [0.15, 0.2) is 78.9 Å². The van der Waals surface area contributed by atoms with Crippen molar-refractivity contribution in [1.82, 2.24) is 41.5 Å². The van der Waals surface area contributed by atoms with Crippen molar-refractivity contribution in [3.63, 3.8) is 0 Å². The Morgan fingerprint density at radius 2 is 1.55 bits per heavy atom. The lowest BCUT2D eigenvalue weighted by atomic mass is 9.81. The highest BCUT2D eigenvalue weighted by molar-refractivity contribution is 7.71. The number of hydrogen-bond donors (Lipinski definition) is 7. The highest BCUT2D eigenvalue weighted by atomic mass is 32.1. The number of nitrogens with one attached hydrogen (secondary N) is 6. The van der Waals surface area contributed by atoms with Crippen LogP contribution in [0.5, 0.6) is 0 Å². The molecule has 3 aliphatic heterocycles. The van der Waals surface area contributed by atoms with Crippen molar-refractivity contribution < 1.29 is 62.1 Å². The number of fused-ring (bicyclic) bond motifs is 5. The number of anilines is 1. The number of pyridine rings is 2. The Morgan fingerprint density at radius 3 is 2.27 bits per heavy atom. The standard InChI is InChI=1S/C54H52FN9O12S/c1-3-54(74)35-19-40-50-33(24-63(40)52(77)34(35)25-76-53(54)73)49-37(14-13-32-28(2)36(55)20-38(62-50)48(32)49)60-45(69)26-75-27-59-43(67)22-58-51(72)39(17-29-7-5-4-6-8-29)61-44(68)23-57-42(66)21-56-41(65)18-30-9-11-31(12-10-30)64-46(70)15-16-47(64)71/h4-12,15-16,19-20,37,39,74H,3,13-14,17-18,21-27H2,1-2H3,(H,56,65)(H,57,66)(H,58,72)(H,59,67)(H,60,69)(H,61,68)/t37?,39-,54-/m0/s1. The third-order valence-electron chi connectivity index (χ3n) is 13.9. The van der Waals surface area contributed by atoms with E-state index in [1.807, 2.05) is 4.57 Å². The van der Waals surface area contributed by atoms with Gasteiger partial charge in [0.1, 0.15) is 36.4 Å². The Labute approximate surface area is 443 Å². The fraction of sp³-hybridized carbons (Fsp3) is 0.315. The molecule has 8 amide bonds. The molecule has 9 rings (SSSR count). The molecule has 2 aromatic heterocycles. The third kappa shape index (κ3) is 11.1. The number of carbonyl (C=O) groups is 9. The predicted molar refractivity (Wildman–Crippen MR) is 275 cm³/mol.